The van der Waals surface area contributed by atoms with E-state index in [2.05, 4.69) is 44.1 Å². The largest absolute Gasteiger partial charge is 0.481 e. The Morgan fingerprint density at radius 2 is 2.10 bits per heavy atom. The third-order valence-corrected chi connectivity index (χ3v) is 3.92. The lowest BCUT2D eigenvalue weighted by atomic mass is 10.1. The smallest absolute Gasteiger partial charge is 0.228 e. The van der Waals surface area contributed by atoms with Crippen LogP contribution in [0.15, 0.2) is 30.0 Å². The lowest BCUT2D eigenvalue weighted by Crippen LogP contribution is -2.17. The number of aromatic nitrogens is 1. The molecule has 1 heterocycles. The van der Waals surface area contributed by atoms with Crippen molar-refractivity contribution in [2.75, 3.05) is 12.4 Å². The lowest BCUT2D eigenvalue weighted by Gasteiger charge is -2.06. The maximum absolute atomic E-state index is 12.3. The van der Waals surface area contributed by atoms with Crippen LogP contribution in [-0.2, 0) is 4.79 Å². The zero-order valence-corrected chi connectivity index (χ0v) is 12.7. The zero-order chi connectivity index (χ0) is 14.9. The summed E-state index contributed by atoms with van der Waals surface area (Å²) >= 11 is 0. The van der Waals surface area contributed by atoms with Gasteiger partial charge in [-0.1, -0.05) is 25.5 Å². The summed E-state index contributed by atoms with van der Waals surface area (Å²) in [6, 6.07) is 3.54. The summed E-state index contributed by atoms with van der Waals surface area (Å²) in [4.78, 5) is 16.4. The fourth-order valence-electron chi connectivity index (χ4n) is 2.64. The molecule has 0 bridgehead atoms. The first-order valence-corrected chi connectivity index (χ1v) is 6.82. The van der Waals surface area contributed by atoms with E-state index < -0.39 is 0 Å². The number of allylic oxidation sites excluding steroid dienone is 2. The fraction of sp³-hybridized carbons (Fsp3) is 0.500. The topological polar surface area (TPSA) is 51.2 Å². The van der Waals surface area contributed by atoms with Crippen molar-refractivity contribution in [3.8, 4) is 5.88 Å². The number of hydrogen-bond donors (Lipinski definition) is 1. The van der Waals surface area contributed by atoms with E-state index in [-0.39, 0.29) is 17.2 Å². The van der Waals surface area contributed by atoms with Gasteiger partial charge in [-0.2, -0.15) is 0 Å². The molecule has 2 unspecified atom stereocenters. The normalized spacial score (nSPS) is 22.9. The average molecular weight is 274 g/mol. The van der Waals surface area contributed by atoms with E-state index >= 15 is 0 Å². The molecule has 108 valence electrons. The van der Waals surface area contributed by atoms with Crippen LogP contribution in [0.4, 0.5) is 5.69 Å². The molecule has 0 spiro atoms. The van der Waals surface area contributed by atoms with Crippen LogP contribution in [0.5, 0.6) is 5.88 Å². The van der Waals surface area contributed by atoms with E-state index in [0.29, 0.717) is 17.5 Å². The highest BCUT2D eigenvalue weighted by Gasteiger charge is 2.60. The molecule has 1 N–H and O–H groups in total. The molecule has 1 aromatic rings. The van der Waals surface area contributed by atoms with Crippen molar-refractivity contribution < 1.29 is 9.53 Å². The van der Waals surface area contributed by atoms with Gasteiger partial charge in [-0.15, -0.1) is 0 Å². The standard InChI is InChI=1S/C16H22N2O2/c1-10(2)8-12-14(16(12,3)4)15(19)18-11-6-7-13(20-5)17-9-11/h6-9,12,14H,1-5H3,(H,18,19). The molecule has 4 nitrogen and oxygen atoms in total. The molecule has 1 fully saturated rings. The summed E-state index contributed by atoms with van der Waals surface area (Å²) in [5.41, 5.74) is 1.99. The Bertz CT molecular complexity index is 528. The Balaban J connectivity index is 2.04. The number of nitrogens with zero attached hydrogens (tertiary/aromatic N) is 1. The Morgan fingerprint density at radius 3 is 2.60 bits per heavy atom. The fourth-order valence-corrected chi connectivity index (χ4v) is 2.64. The van der Waals surface area contributed by atoms with Crippen molar-refractivity contribution in [3.05, 3.63) is 30.0 Å². The maximum Gasteiger partial charge on any atom is 0.228 e. The van der Waals surface area contributed by atoms with Crippen LogP contribution in [0.25, 0.3) is 0 Å². The van der Waals surface area contributed by atoms with E-state index in [1.54, 1.807) is 25.4 Å². The lowest BCUT2D eigenvalue weighted by molar-refractivity contribution is -0.118. The average Bonchev–Trinajstić information content (AvgIpc) is 2.91. The van der Waals surface area contributed by atoms with Gasteiger partial charge in [0.1, 0.15) is 0 Å². The van der Waals surface area contributed by atoms with Crippen LogP contribution < -0.4 is 10.1 Å². The summed E-state index contributed by atoms with van der Waals surface area (Å²) in [6.45, 7) is 8.40. The number of pyridine rings is 1. The number of carbonyl (C=O) groups excluding carboxylic acids is 1. The Kier molecular flexibility index (Phi) is 3.84. The first-order valence-electron chi connectivity index (χ1n) is 6.82. The maximum atomic E-state index is 12.3. The Labute approximate surface area is 120 Å². The zero-order valence-electron chi connectivity index (χ0n) is 12.7. The van der Waals surface area contributed by atoms with Crippen LogP contribution in [0, 0.1) is 17.3 Å². The number of anilines is 1. The summed E-state index contributed by atoms with van der Waals surface area (Å²) in [5.74, 6) is 0.944. The van der Waals surface area contributed by atoms with Gasteiger partial charge in [-0.05, 0) is 31.2 Å². The summed E-state index contributed by atoms with van der Waals surface area (Å²) < 4.78 is 5.00. The Morgan fingerprint density at radius 1 is 1.40 bits per heavy atom. The van der Waals surface area contributed by atoms with Crippen LogP contribution in [-0.4, -0.2) is 18.0 Å². The van der Waals surface area contributed by atoms with E-state index in [9.17, 15) is 4.79 Å². The number of carbonyl (C=O) groups is 1. The first-order chi connectivity index (χ1) is 9.36. The molecule has 0 aromatic carbocycles. The SMILES string of the molecule is COc1ccc(NC(=O)C2C(C=C(C)C)C2(C)C)cn1. The van der Waals surface area contributed by atoms with E-state index in [0.717, 1.165) is 0 Å². The first kappa shape index (κ1) is 14.6. The molecule has 1 aromatic heterocycles. The van der Waals surface area contributed by atoms with Crippen molar-refractivity contribution in [3.63, 3.8) is 0 Å². The van der Waals surface area contributed by atoms with E-state index in [1.165, 1.54) is 5.57 Å². The van der Waals surface area contributed by atoms with Crippen LogP contribution >= 0.6 is 0 Å². The van der Waals surface area contributed by atoms with Gasteiger partial charge in [-0.3, -0.25) is 4.79 Å². The third-order valence-electron chi connectivity index (χ3n) is 3.92. The molecule has 1 amide bonds. The van der Waals surface area contributed by atoms with Crippen molar-refractivity contribution in [1.29, 1.82) is 0 Å². The highest BCUT2D eigenvalue weighted by molar-refractivity contribution is 5.95. The van der Waals surface area contributed by atoms with Gasteiger partial charge in [-0.25, -0.2) is 4.98 Å². The molecule has 4 heteroatoms. The molecule has 2 rings (SSSR count). The molecule has 1 aliphatic carbocycles. The van der Waals surface area contributed by atoms with Gasteiger partial charge in [0.25, 0.3) is 0 Å². The Hall–Kier alpha value is -1.84. The minimum Gasteiger partial charge on any atom is -0.481 e. The van der Waals surface area contributed by atoms with Crippen molar-refractivity contribution >= 4 is 11.6 Å². The van der Waals surface area contributed by atoms with E-state index in [1.807, 2.05) is 0 Å². The van der Waals surface area contributed by atoms with Gasteiger partial charge in [0.15, 0.2) is 0 Å². The predicted octanol–water partition coefficient (Wildman–Crippen LogP) is 3.27. The second-order valence-electron chi connectivity index (χ2n) is 6.15. The summed E-state index contributed by atoms with van der Waals surface area (Å²) in [7, 11) is 1.57. The quantitative estimate of drug-likeness (QED) is 0.857. The molecule has 0 aliphatic heterocycles. The van der Waals surface area contributed by atoms with Gasteiger partial charge < -0.3 is 10.1 Å². The van der Waals surface area contributed by atoms with Crippen molar-refractivity contribution in [1.82, 2.24) is 4.98 Å². The van der Waals surface area contributed by atoms with Gasteiger partial charge >= 0.3 is 0 Å². The minimum absolute atomic E-state index is 0.0273. The second-order valence-corrected chi connectivity index (χ2v) is 6.15. The number of rotatable bonds is 4. The molecular formula is C16H22N2O2. The van der Waals surface area contributed by atoms with Gasteiger partial charge in [0, 0.05) is 6.07 Å². The van der Waals surface area contributed by atoms with Crippen LogP contribution in [0.1, 0.15) is 27.7 Å². The number of hydrogen-bond acceptors (Lipinski definition) is 3. The minimum atomic E-state index is 0.0273. The molecular weight excluding hydrogens is 252 g/mol. The monoisotopic (exact) mass is 274 g/mol. The second kappa shape index (κ2) is 5.27. The molecule has 1 aliphatic rings. The van der Waals surface area contributed by atoms with Crippen LogP contribution in [0.2, 0.25) is 0 Å². The number of ether oxygens (including phenoxy) is 1. The molecule has 1 saturated carbocycles. The molecule has 0 radical (unpaired) electrons. The molecule has 20 heavy (non-hydrogen) atoms. The number of nitrogens with one attached hydrogen (secondary N) is 1. The summed E-state index contributed by atoms with van der Waals surface area (Å²) in [6.07, 6.45) is 3.80. The number of methoxy groups -OCH3 is 1. The van der Waals surface area contributed by atoms with Crippen molar-refractivity contribution in [2.45, 2.75) is 27.7 Å². The van der Waals surface area contributed by atoms with Gasteiger partial charge in [0.2, 0.25) is 11.8 Å². The summed E-state index contributed by atoms with van der Waals surface area (Å²) in [5, 5.41) is 2.93. The van der Waals surface area contributed by atoms with Crippen molar-refractivity contribution in [2.24, 2.45) is 17.3 Å². The van der Waals surface area contributed by atoms with Crippen LogP contribution in [0.3, 0.4) is 0 Å². The van der Waals surface area contributed by atoms with Gasteiger partial charge in [0.05, 0.1) is 24.9 Å². The van der Waals surface area contributed by atoms with E-state index in [4.69, 9.17) is 4.74 Å². The predicted molar refractivity (Wildman–Crippen MR) is 79.6 cm³/mol. The number of amides is 1. The third kappa shape index (κ3) is 2.84. The molecule has 2 atom stereocenters. The highest BCUT2D eigenvalue weighted by Crippen LogP contribution is 2.59. The highest BCUT2D eigenvalue weighted by atomic mass is 16.5. The molecule has 0 saturated heterocycles.